The molecule has 0 aliphatic heterocycles. The van der Waals surface area contributed by atoms with E-state index in [0.29, 0.717) is 17.4 Å². The Morgan fingerprint density at radius 1 is 1.62 bits per heavy atom. The van der Waals surface area contributed by atoms with Gasteiger partial charge in [-0.1, -0.05) is 12.1 Å². The third-order valence-corrected chi connectivity index (χ3v) is 2.40. The van der Waals surface area contributed by atoms with Crippen molar-refractivity contribution in [3.8, 4) is 5.75 Å². The maximum absolute atomic E-state index is 10.6. The molecule has 1 unspecified atom stereocenters. The van der Waals surface area contributed by atoms with Gasteiger partial charge in [-0.25, -0.2) is 0 Å². The van der Waals surface area contributed by atoms with Crippen LogP contribution in [0.2, 0.25) is 0 Å². The van der Waals surface area contributed by atoms with Crippen LogP contribution < -0.4 is 4.74 Å². The van der Waals surface area contributed by atoms with E-state index in [4.69, 9.17) is 9.84 Å². The highest BCUT2D eigenvalue weighted by atomic mass is 32.1. The van der Waals surface area contributed by atoms with Gasteiger partial charge in [-0.15, -0.1) is 0 Å². The molecule has 1 N–H and O–H groups in total. The standard InChI is InChI=1S/C9H11O3S/c1-12-8-4-2-3-7(5-8)9(6-10)13-11/h2-5,9-10H,6H2,1H3/q+1. The molecule has 13 heavy (non-hydrogen) atoms. The zero-order valence-corrected chi connectivity index (χ0v) is 8.08. The summed E-state index contributed by atoms with van der Waals surface area (Å²) in [7, 11) is 1.57. The summed E-state index contributed by atoms with van der Waals surface area (Å²) in [5.41, 5.74) is 0.793. The van der Waals surface area contributed by atoms with Crippen LogP contribution in [0, 0.1) is 0 Å². The van der Waals surface area contributed by atoms with Crippen molar-refractivity contribution in [2.75, 3.05) is 13.7 Å². The van der Waals surface area contributed by atoms with Crippen LogP contribution in [-0.4, -0.2) is 18.8 Å². The molecule has 0 aromatic heterocycles. The first-order valence-corrected chi connectivity index (χ1v) is 4.65. The molecule has 0 fully saturated rings. The summed E-state index contributed by atoms with van der Waals surface area (Å²) < 4.78 is 15.6. The first kappa shape index (κ1) is 10.1. The Morgan fingerprint density at radius 3 is 2.92 bits per heavy atom. The lowest BCUT2D eigenvalue weighted by Gasteiger charge is -2.01. The number of aliphatic hydroxyl groups is 1. The van der Waals surface area contributed by atoms with E-state index in [-0.39, 0.29) is 6.61 Å². The highest BCUT2D eigenvalue weighted by Crippen LogP contribution is 2.19. The molecular formula is C9H11O3S+. The van der Waals surface area contributed by atoms with Gasteiger partial charge in [-0.05, 0) is 12.1 Å². The quantitative estimate of drug-likeness (QED) is 0.740. The summed E-state index contributed by atoms with van der Waals surface area (Å²) in [6.45, 7) is -0.151. The molecule has 0 aliphatic rings. The minimum absolute atomic E-state index is 0.151. The summed E-state index contributed by atoms with van der Waals surface area (Å²) in [6, 6.07) is 7.15. The average Bonchev–Trinajstić information content (AvgIpc) is 2.20. The molecule has 0 amide bonds. The van der Waals surface area contributed by atoms with E-state index in [1.807, 2.05) is 0 Å². The number of hydrogen-bond acceptors (Lipinski definition) is 3. The van der Waals surface area contributed by atoms with E-state index < -0.39 is 5.25 Å². The molecule has 70 valence electrons. The monoisotopic (exact) mass is 199 g/mol. The molecule has 1 atom stereocenters. The number of benzene rings is 1. The molecular weight excluding hydrogens is 188 g/mol. The Hall–Kier alpha value is -1.00. The molecule has 1 aromatic rings. The van der Waals surface area contributed by atoms with Crippen LogP contribution >= 0.6 is 0 Å². The Kier molecular flexibility index (Phi) is 3.79. The van der Waals surface area contributed by atoms with Crippen molar-refractivity contribution in [1.29, 1.82) is 0 Å². The van der Waals surface area contributed by atoms with Crippen LogP contribution in [0.5, 0.6) is 5.75 Å². The molecule has 1 rings (SSSR count). The lowest BCUT2D eigenvalue weighted by molar-refractivity contribution is 0.294. The Labute approximate surface area is 80.8 Å². The maximum Gasteiger partial charge on any atom is 0.469 e. The summed E-state index contributed by atoms with van der Waals surface area (Å²) in [5, 5.41) is 8.47. The minimum Gasteiger partial charge on any atom is -0.497 e. The summed E-state index contributed by atoms with van der Waals surface area (Å²) in [4.78, 5) is 0. The van der Waals surface area contributed by atoms with Gasteiger partial charge in [0, 0.05) is 9.77 Å². The molecule has 3 nitrogen and oxygen atoms in total. The van der Waals surface area contributed by atoms with E-state index in [1.54, 1.807) is 31.4 Å². The van der Waals surface area contributed by atoms with Crippen LogP contribution in [0.25, 0.3) is 0 Å². The van der Waals surface area contributed by atoms with Crippen molar-refractivity contribution in [3.63, 3.8) is 0 Å². The fraction of sp³-hybridized carbons (Fsp3) is 0.333. The molecule has 0 heterocycles. The molecule has 0 spiro atoms. The predicted octanol–water partition coefficient (Wildman–Crippen LogP) is 1.16. The third kappa shape index (κ3) is 2.47. The topological polar surface area (TPSA) is 46.5 Å². The predicted molar refractivity (Wildman–Crippen MR) is 50.9 cm³/mol. The van der Waals surface area contributed by atoms with E-state index in [2.05, 4.69) is 0 Å². The van der Waals surface area contributed by atoms with E-state index in [0.717, 1.165) is 5.56 Å². The summed E-state index contributed by atoms with van der Waals surface area (Å²) >= 11 is 0.387. The smallest absolute Gasteiger partial charge is 0.469 e. The van der Waals surface area contributed by atoms with Gasteiger partial charge in [0.1, 0.15) is 12.4 Å². The average molecular weight is 199 g/mol. The van der Waals surface area contributed by atoms with Crippen molar-refractivity contribution in [2.45, 2.75) is 5.25 Å². The number of hydrogen-bond donors (Lipinski definition) is 1. The second-order valence-corrected chi connectivity index (χ2v) is 3.31. The second kappa shape index (κ2) is 4.89. The van der Waals surface area contributed by atoms with Crippen LogP contribution in [0.4, 0.5) is 0 Å². The highest BCUT2D eigenvalue weighted by Gasteiger charge is 2.23. The number of rotatable bonds is 4. The number of aliphatic hydroxyl groups excluding tert-OH is 1. The van der Waals surface area contributed by atoms with Gasteiger partial charge in [0.25, 0.3) is 5.25 Å². The van der Waals surface area contributed by atoms with Gasteiger partial charge in [-0.2, -0.15) is 0 Å². The van der Waals surface area contributed by atoms with Gasteiger partial charge in [0.05, 0.1) is 7.11 Å². The van der Waals surface area contributed by atoms with Gasteiger partial charge < -0.3 is 9.84 Å². The van der Waals surface area contributed by atoms with Crippen molar-refractivity contribution in [1.82, 2.24) is 0 Å². The first-order valence-electron chi connectivity index (χ1n) is 3.85. The second-order valence-electron chi connectivity index (χ2n) is 2.54. The van der Waals surface area contributed by atoms with Crippen molar-refractivity contribution < 1.29 is 14.1 Å². The van der Waals surface area contributed by atoms with Crippen LogP contribution in [0.1, 0.15) is 10.8 Å². The number of ether oxygens (including phenoxy) is 1. The van der Waals surface area contributed by atoms with Crippen molar-refractivity contribution >= 4 is 11.7 Å². The SMILES string of the molecule is COc1cccc(C(CO)[S+]=O)c1. The first-order chi connectivity index (χ1) is 6.31. The zero-order valence-electron chi connectivity index (χ0n) is 7.27. The van der Waals surface area contributed by atoms with Crippen molar-refractivity contribution in [3.05, 3.63) is 29.8 Å². The fourth-order valence-corrected chi connectivity index (χ4v) is 1.35. The van der Waals surface area contributed by atoms with Crippen molar-refractivity contribution in [2.24, 2.45) is 0 Å². The van der Waals surface area contributed by atoms with Gasteiger partial charge in [0.15, 0.2) is 0 Å². The third-order valence-electron chi connectivity index (χ3n) is 1.75. The van der Waals surface area contributed by atoms with E-state index in [9.17, 15) is 4.21 Å². The highest BCUT2D eigenvalue weighted by molar-refractivity contribution is 7.65. The molecule has 4 heteroatoms. The van der Waals surface area contributed by atoms with Gasteiger partial charge in [0.2, 0.25) is 0 Å². The Balaban J connectivity index is 2.92. The molecule has 0 radical (unpaired) electrons. The molecule has 0 saturated carbocycles. The molecule has 0 aliphatic carbocycles. The zero-order chi connectivity index (χ0) is 9.68. The van der Waals surface area contributed by atoms with Crippen LogP contribution in [-0.2, 0) is 15.9 Å². The van der Waals surface area contributed by atoms with Gasteiger partial charge in [-0.3, -0.25) is 0 Å². The summed E-state index contributed by atoms with van der Waals surface area (Å²) in [6.07, 6.45) is 0. The fourth-order valence-electron chi connectivity index (χ4n) is 1.03. The Morgan fingerprint density at radius 2 is 2.38 bits per heavy atom. The largest absolute Gasteiger partial charge is 0.497 e. The molecule has 0 bridgehead atoms. The van der Waals surface area contributed by atoms with Gasteiger partial charge >= 0.3 is 11.7 Å². The normalized spacial score (nSPS) is 12.2. The number of methoxy groups -OCH3 is 1. The minimum atomic E-state index is -0.407. The van der Waals surface area contributed by atoms with E-state index in [1.165, 1.54) is 0 Å². The lowest BCUT2D eigenvalue weighted by Crippen LogP contribution is -2.01. The summed E-state index contributed by atoms with van der Waals surface area (Å²) in [5.74, 6) is 0.699. The molecule has 0 saturated heterocycles. The maximum atomic E-state index is 10.6. The van der Waals surface area contributed by atoms with E-state index >= 15 is 0 Å². The lowest BCUT2D eigenvalue weighted by atomic mass is 10.1. The Bertz CT molecular complexity index is 288. The molecule has 1 aromatic carbocycles. The van der Waals surface area contributed by atoms with Crippen LogP contribution in [0.15, 0.2) is 24.3 Å². The van der Waals surface area contributed by atoms with Crippen LogP contribution in [0.3, 0.4) is 0 Å².